The second-order valence-corrected chi connectivity index (χ2v) is 6.97. The number of nitriles is 1. The second-order valence-electron chi connectivity index (χ2n) is 6.97. The predicted octanol–water partition coefficient (Wildman–Crippen LogP) is 3.12. The van der Waals surface area contributed by atoms with Crippen molar-refractivity contribution >= 4 is 11.6 Å². The molecule has 0 aromatic heterocycles. The highest BCUT2D eigenvalue weighted by Crippen LogP contribution is 2.34. The zero-order chi connectivity index (χ0) is 16.4. The lowest BCUT2D eigenvalue weighted by Crippen LogP contribution is -2.53. The molecular weight excluding hydrogens is 286 g/mol. The Hall–Kier alpha value is -2.02. The van der Waals surface area contributed by atoms with Gasteiger partial charge in [0.1, 0.15) is 5.54 Å². The van der Waals surface area contributed by atoms with E-state index in [9.17, 15) is 10.1 Å². The molecule has 1 saturated carbocycles. The molecule has 1 aliphatic heterocycles. The molecule has 0 bridgehead atoms. The van der Waals surface area contributed by atoms with Crippen LogP contribution in [0.5, 0.6) is 0 Å². The van der Waals surface area contributed by atoms with Crippen LogP contribution in [0.3, 0.4) is 0 Å². The van der Waals surface area contributed by atoms with Crippen LogP contribution in [0.2, 0.25) is 0 Å². The van der Waals surface area contributed by atoms with Gasteiger partial charge in [0.25, 0.3) is 0 Å². The molecule has 1 amide bonds. The number of nitrogens with zero attached hydrogens (tertiary/aromatic N) is 3. The number of amides is 1. The second kappa shape index (κ2) is 6.23. The number of benzene rings is 1. The lowest BCUT2D eigenvalue weighted by molar-refractivity contribution is -0.133. The van der Waals surface area contributed by atoms with Gasteiger partial charge in [0, 0.05) is 18.8 Å². The minimum absolute atomic E-state index is 0.0528. The summed E-state index contributed by atoms with van der Waals surface area (Å²) < 4.78 is 0. The first kappa shape index (κ1) is 15.9. The Morgan fingerprint density at radius 3 is 2.74 bits per heavy atom. The predicted molar refractivity (Wildman–Crippen MR) is 91.2 cm³/mol. The highest BCUT2D eigenvalue weighted by Gasteiger charge is 2.40. The Morgan fingerprint density at radius 2 is 2.04 bits per heavy atom. The van der Waals surface area contributed by atoms with Gasteiger partial charge in [-0.25, -0.2) is 0 Å². The van der Waals surface area contributed by atoms with Crippen molar-refractivity contribution in [1.29, 1.82) is 5.26 Å². The first-order valence-electron chi connectivity index (χ1n) is 8.60. The molecule has 0 saturated heterocycles. The Bertz CT molecular complexity index is 628. The molecule has 0 N–H and O–H groups in total. The summed E-state index contributed by atoms with van der Waals surface area (Å²) in [6, 6.07) is 11.1. The Kier molecular flexibility index (Phi) is 4.30. The van der Waals surface area contributed by atoms with Gasteiger partial charge < -0.3 is 9.80 Å². The third kappa shape index (κ3) is 2.81. The van der Waals surface area contributed by atoms with Crippen LogP contribution in [-0.2, 0) is 11.2 Å². The topological polar surface area (TPSA) is 47.3 Å². The molecule has 2 aliphatic rings. The van der Waals surface area contributed by atoms with Crippen LogP contribution in [0.1, 0.15) is 44.6 Å². The molecule has 1 aromatic rings. The van der Waals surface area contributed by atoms with E-state index in [2.05, 4.69) is 36.1 Å². The first-order chi connectivity index (χ1) is 11.1. The Morgan fingerprint density at radius 1 is 1.35 bits per heavy atom. The van der Waals surface area contributed by atoms with Gasteiger partial charge in [-0.2, -0.15) is 5.26 Å². The van der Waals surface area contributed by atoms with E-state index < -0.39 is 5.54 Å². The van der Waals surface area contributed by atoms with Gasteiger partial charge in [0.05, 0.1) is 12.6 Å². The number of carbonyl (C=O) groups excluding carboxylic acids is 1. The zero-order valence-electron chi connectivity index (χ0n) is 14.1. The van der Waals surface area contributed by atoms with E-state index in [1.165, 1.54) is 12.0 Å². The molecule has 1 fully saturated rings. The van der Waals surface area contributed by atoms with E-state index in [1.54, 1.807) is 4.90 Å². The summed E-state index contributed by atoms with van der Waals surface area (Å²) in [7, 11) is 1.81. The van der Waals surface area contributed by atoms with Gasteiger partial charge in [0.2, 0.25) is 5.91 Å². The molecule has 0 spiro atoms. The molecular formula is C19H25N3O. The lowest BCUT2D eigenvalue weighted by Gasteiger charge is -2.40. The van der Waals surface area contributed by atoms with E-state index in [-0.39, 0.29) is 5.91 Å². The number of anilines is 1. The van der Waals surface area contributed by atoms with Crippen molar-refractivity contribution in [3.8, 4) is 6.07 Å². The molecule has 1 heterocycles. The highest BCUT2D eigenvalue weighted by atomic mass is 16.2. The van der Waals surface area contributed by atoms with Gasteiger partial charge in [-0.05, 0) is 37.8 Å². The molecule has 1 aromatic carbocycles. The van der Waals surface area contributed by atoms with E-state index in [0.29, 0.717) is 12.6 Å². The number of rotatable bonds is 3. The van der Waals surface area contributed by atoms with Crippen LogP contribution in [0.4, 0.5) is 5.69 Å². The Balaban J connectivity index is 1.75. The maximum Gasteiger partial charge on any atom is 0.243 e. The van der Waals surface area contributed by atoms with Gasteiger partial charge in [-0.1, -0.05) is 37.5 Å². The zero-order valence-corrected chi connectivity index (χ0v) is 14.1. The lowest BCUT2D eigenvalue weighted by atomic mass is 9.81. The number of fused-ring (bicyclic) bond motifs is 1. The van der Waals surface area contributed by atoms with Crippen LogP contribution >= 0.6 is 0 Å². The van der Waals surface area contributed by atoms with E-state index in [0.717, 1.165) is 37.8 Å². The van der Waals surface area contributed by atoms with Gasteiger partial charge in [-0.3, -0.25) is 4.79 Å². The van der Waals surface area contributed by atoms with Crippen LogP contribution in [0.25, 0.3) is 0 Å². The molecule has 0 radical (unpaired) electrons. The number of carbonyl (C=O) groups is 1. The normalized spacial score (nSPS) is 22.3. The summed E-state index contributed by atoms with van der Waals surface area (Å²) in [4.78, 5) is 16.8. The van der Waals surface area contributed by atoms with Crippen molar-refractivity contribution in [2.24, 2.45) is 0 Å². The van der Waals surface area contributed by atoms with E-state index in [4.69, 9.17) is 0 Å². The molecule has 23 heavy (non-hydrogen) atoms. The molecule has 4 heteroatoms. The fourth-order valence-corrected chi connectivity index (χ4v) is 4.02. The number of para-hydroxylation sites is 1. The molecule has 1 atom stereocenters. The van der Waals surface area contributed by atoms with E-state index in [1.807, 2.05) is 13.1 Å². The monoisotopic (exact) mass is 311 g/mol. The van der Waals surface area contributed by atoms with Crippen LogP contribution in [-0.4, -0.2) is 36.0 Å². The third-order valence-corrected chi connectivity index (χ3v) is 5.56. The summed E-state index contributed by atoms with van der Waals surface area (Å²) >= 11 is 0. The summed E-state index contributed by atoms with van der Waals surface area (Å²) in [6.45, 7) is 2.52. The molecule has 3 rings (SSSR count). The van der Waals surface area contributed by atoms with Crippen molar-refractivity contribution in [3.63, 3.8) is 0 Å². The van der Waals surface area contributed by atoms with Gasteiger partial charge >= 0.3 is 0 Å². The molecule has 1 aliphatic carbocycles. The first-order valence-corrected chi connectivity index (χ1v) is 8.60. The van der Waals surface area contributed by atoms with Crippen LogP contribution in [0, 0.1) is 11.3 Å². The van der Waals surface area contributed by atoms with Crippen molar-refractivity contribution in [1.82, 2.24) is 4.90 Å². The smallest absolute Gasteiger partial charge is 0.243 e. The van der Waals surface area contributed by atoms with Crippen molar-refractivity contribution in [3.05, 3.63) is 29.8 Å². The van der Waals surface area contributed by atoms with Gasteiger partial charge in [0.15, 0.2) is 0 Å². The minimum Gasteiger partial charge on any atom is -0.359 e. The maximum absolute atomic E-state index is 12.9. The van der Waals surface area contributed by atoms with Crippen LogP contribution in [0.15, 0.2) is 24.3 Å². The van der Waals surface area contributed by atoms with Crippen molar-refractivity contribution in [2.75, 3.05) is 18.5 Å². The average molecular weight is 311 g/mol. The molecule has 4 nitrogen and oxygen atoms in total. The quantitative estimate of drug-likeness (QED) is 0.861. The van der Waals surface area contributed by atoms with Gasteiger partial charge in [-0.15, -0.1) is 0 Å². The number of likely N-dealkylation sites (N-methyl/N-ethyl adjacent to an activating group) is 1. The standard InChI is InChI=1S/C19H25N3O/c1-15-12-16-8-4-5-9-17(16)22(15)13-18(23)21(2)19(14-20)10-6-3-7-11-19/h4-5,8-9,15H,3,6-7,10-13H2,1-2H3/t15-/m0/s1. The summed E-state index contributed by atoms with van der Waals surface area (Å²) in [5.41, 5.74) is 1.87. The maximum atomic E-state index is 12.9. The SMILES string of the molecule is C[C@H]1Cc2ccccc2N1CC(=O)N(C)C1(C#N)CCCCC1. The highest BCUT2D eigenvalue weighted by molar-refractivity contribution is 5.83. The number of hydrogen-bond donors (Lipinski definition) is 0. The van der Waals surface area contributed by atoms with E-state index >= 15 is 0 Å². The Labute approximate surface area is 138 Å². The average Bonchev–Trinajstić information content (AvgIpc) is 2.90. The molecule has 122 valence electrons. The largest absolute Gasteiger partial charge is 0.359 e. The summed E-state index contributed by atoms with van der Waals surface area (Å²) in [5, 5.41) is 9.67. The van der Waals surface area contributed by atoms with Crippen LogP contribution < -0.4 is 4.90 Å². The van der Waals surface area contributed by atoms with Crippen molar-refractivity contribution in [2.45, 2.75) is 57.0 Å². The number of hydrogen-bond acceptors (Lipinski definition) is 3. The fraction of sp³-hybridized carbons (Fsp3) is 0.579. The minimum atomic E-state index is -0.599. The molecule has 0 unspecified atom stereocenters. The fourth-order valence-electron chi connectivity index (χ4n) is 4.02. The van der Waals surface area contributed by atoms with Crippen molar-refractivity contribution < 1.29 is 4.79 Å². The summed E-state index contributed by atoms with van der Waals surface area (Å²) in [5.74, 6) is 0.0528. The third-order valence-electron chi connectivity index (χ3n) is 5.56. The summed E-state index contributed by atoms with van der Waals surface area (Å²) in [6.07, 6.45) is 5.83.